The topological polar surface area (TPSA) is 93.2 Å². The van der Waals surface area contributed by atoms with E-state index in [2.05, 4.69) is 14.4 Å². The summed E-state index contributed by atoms with van der Waals surface area (Å²) in [7, 11) is -4.25. The van der Waals surface area contributed by atoms with Crippen LogP contribution in [0.15, 0.2) is 64.4 Å². The highest BCUT2D eigenvalue weighted by Crippen LogP contribution is 2.27. The number of ether oxygens (including phenoxy) is 1. The molecule has 2 N–H and O–H groups in total. The number of nitrogens with one attached hydrogen (secondary N) is 2. The Balaban J connectivity index is 1.99. The van der Waals surface area contributed by atoms with Crippen LogP contribution in [0.2, 0.25) is 0 Å². The normalized spacial score (nSPS) is 12.0. The number of para-hydroxylation sites is 2. The number of halogens is 3. The second-order valence-electron chi connectivity index (χ2n) is 5.72. The van der Waals surface area contributed by atoms with E-state index < -0.39 is 32.7 Å². The van der Waals surface area contributed by atoms with Gasteiger partial charge in [0.15, 0.2) is 0 Å². The summed E-state index contributed by atoms with van der Waals surface area (Å²) >= 11 is 0. The molecule has 0 aliphatic rings. The van der Waals surface area contributed by atoms with Crippen molar-refractivity contribution in [3.63, 3.8) is 0 Å². The highest BCUT2D eigenvalue weighted by atomic mass is 32.2. The van der Waals surface area contributed by atoms with Crippen LogP contribution in [0.3, 0.4) is 0 Å². The lowest BCUT2D eigenvalue weighted by Crippen LogP contribution is -2.20. The Morgan fingerprint density at radius 2 is 1.82 bits per heavy atom. The van der Waals surface area contributed by atoms with E-state index in [1.165, 1.54) is 22.9 Å². The minimum absolute atomic E-state index is 0.0782. The third-order valence-corrected chi connectivity index (χ3v) is 5.06. The molecule has 0 saturated carbocycles. The third kappa shape index (κ3) is 4.19. The molecule has 0 bridgehead atoms. The second kappa shape index (κ2) is 7.08. The lowest BCUT2D eigenvalue weighted by atomic mass is 10.2. The summed E-state index contributed by atoms with van der Waals surface area (Å²) in [5, 5.41) is 0. The van der Waals surface area contributed by atoms with Gasteiger partial charge in [0.05, 0.1) is 16.3 Å². The SMILES string of the molecule is Cc1c[nH]c(=O)n1-c1ccccc1NS(=O)(=O)c1cccc(OC(F)(F)F)c1. The first-order valence-corrected chi connectivity index (χ1v) is 9.30. The van der Waals surface area contributed by atoms with Crippen molar-refractivity contribution in [2.45, 2.75) is 18.2 Å². The number of rotatable bonds is 5. The van der Waals surface area contributed by atoms with Crippen molar-refractivity contribution in [3.05, 3.63) is 70.9 Å². The predicted molar refractivity (Wildman–Crippen MR) is 95.1 cm³/mol. The van der Waals surface area contributed by atoms with Gasteiger partial charge >= 0.3 is 12.1 Å². The van der Waals surface area contributed by atoms with E-state index in [-0.39, 0.29) is 11.4 Å². The van der Waals surface area contributed by atoms with Crippen molar-refractivity contribution < 1.29 is 26.3 Å². The van der Waals surface area contributed by atoms with Gasteiger partial charge in [0, 0.05) is 18.0 Å². The zero-order chi connectivity index (χ0) is 20.5. The number of aromatic amines is 1. The minimum atomic E-state index is -4.95. The number of aryl methyl sites for hydroxylation is 1. The maximum absolute atomic E-state index is 12.7. The van der Waals surface area contributed by atoms with Crippen LogP contribution in [0.4, 0.5) is 18.9 Å². The highest BCUT2D eigenvalue weighted by Gasteiger charge is 2.31. The summed E-state index contributed by atoms with van der Waals surface area (Å²) in [6.45, 7) is 1.65. The zero-order valence-electron chi connectivity index (χ0n) is 14.3. The molecule has 148 valence electrons. The molecule has 11 heteroatoms. The number of hydrogen-bond acceptors (Lipinski definition) is 4. The smallest absolute Gasteiger partial charge is 0.406 e. The second-order valence-corrected chi connectivity index (χ2v) is 7.40. The summed E-state index contributed by atoms with van der Waals surface area (Å²) < 4.78 is 69.8. The fourth-order valence-corrected chi connectivity index (χ4v) is 3.66. The number of nitrogens with zero attached hydrogens (tertiary/aromatic N) is 1. The van der Waals surface area contributed by atoms with Gasteiger partial charge in [-0.2, -0.15) is 0 Å². The predicted octanol–water partition coefficient (Wildman–Crippen LogP) is 3.17. The van der Waals surface area contributed by atoms with Crippen LogP contribution < -0.4 is 15.1 Å². The molecule has 1 heterocycles. The summed E-state index contributed by atoms with van der Waals surface area (Å²) in [6, 6.07) is 10.1. The minimum Gasteiger partial charge on any atom is -0.406 e. The Morgan fingerprint density at radius 1 is 1.11 bits per heavy atom. The molecule has 3 aromatic rings. The van der Waals surface area contributed by atoms with Gasteiger partial charge in [0.25, 0.3) is 10.0 Å². The van der Waals surface area contributed by atoms with Gasteiger partial charge < -0.3 is 9.72 Å². The van der Waals surface area contributed by atoms with Gasteiger partial charge in [-0.3, -0.25) is 9.29 Å². The van der Waals surface area contributed by atoms with Crippen LogP contribution in [-0.4, -0.2) is 24.3 Å². The zero-order valence-corrected chi connectivity index (χ0v) is 15.1. The number of imidazole rings is 1. The molecule has 0 fully saturated rings. The first-order chi connectivity index (χ1) is 13.1. The molecule has 0 amide bonds. The quantitative estimate of drug-likeness (QED) is 0.672. The maximum atomic E-state index is 12.7. The van der Waals surface area contributed by atoms with Gasteiger partial charge in [-0.05, 0) is 31.2 Å². The summed E-state index contributed by atoms with van der Waals surface area (Å²) in [6.07, 6.45) is -3.49. The number of benzene rings is 2. The molecule has 2 aromatic carbocycles. The van der Waals surface area contributed by atoms with Crippen molar-refractivity contribution >= 4 is 15.7 Å². The van der Waals surface area contributed by atoms with Crippen LogP contribution >= 0.6 is 0 Å². The molecular formula is C17H14F3N3O4S. The van der Waals surface area contributed by atoms with Crippen molar-refractivity contribution in [1.29, 1.82) is 0 Å². The number of H-pyrrole nitrogens is 1. The molecule has 0 aliphatic heterocycles. The summed E-state index contributed by atoms with van der Waals surface area (Å²) in [4.78, 5) is 14.1. The Hall–Kier alpha value is -3.21. The molecule has 0 unspecified atom stereocenters. The van der Waals surface area contributed by atoms with E-state index in [1.54, 1.807) is 19.1 Å². The number of sulfonamides is 1. The summed E-state index contributed by atoms with van der Waals surface area (Å²) in [5.74, 6) is -0.665. The molecule has 0 radical (unpaired) electrons. The van der Waals surface area contributed by atoms with E-state index in [0.29, 0.717) is 5.69 Å². The van der Waals surface area contributed by atoms with Gasteiger partial charge in [0.1, 0.15) is 5.75 Å². The Bertz CT molecular complexity index is 1170. The fourth-order valence-electron chi connectivity index (χ4n) is 2.55. The van der Waals surface area contributed by atoms with Crippen LogP contribution in [-0.2, 0) is 10.0 Å². The standard InChI is InChI=1S/C17H14F3N3O4S/c1-11-10-21-16(24)23(11)15-8-3-2-7-14(15)22-28(25,26)13-6-4-5-12(9-13)27-17(18,19)20/h2-10,22H,1H3,(H,21,24). The molecular weight excluding hydrogens is 399 g/mol. The first kappa shape index (κ1) is 19.5. The van der Waals surface area contributed by atoms with Gasteiger partial charge in [0.2, 0.25) is 0 Å². The molecule has 1 aromatic heterocycles. The Morgan fingerprint density at radius 3 is 2.46 bits per heavy atom. The molecule has 0 atom stereocenters. The van der Waals surface area contributed by atoms with Gasteiger partial charge in [-0.15, -0.1) is 13.2 Å². The van der Waals surface area contributed by atoms with Crippen molar-refractivity contribution in [3.8, 4) is 11.4 Å². The molecule has 0 aliphatic carbocycles. The van der Waals surface area contributed by atoms with Crippen LogP contribution in [0.5, 0.6) is 5.75 Å². The van der Waals surface area contributed by atoms with Crippen molar-refractivity contribution in [2.24, 2.45) is 0 Å². The van der Waals surface area contributed by atoms with Crippen molar-refractivity contribution in [2.75, 3.05) is 4.72 Å². The van der Waals surface area contributed by atoms with E-state index >= 15 is 0 Å². The highest BCUT2D eigenvalue weighted by molar-refractivity contribution is 7.92. The van der Waals surface area contributed by atoms with Crippen LogP contribution in [0.25, 0.3) is 5.69 Å². The Kier molecular flexibility index (Phi) is 4.94. The average molecular weight is 413 g/mol. The van der Waals surface area contributed by atoms with E-state index in [1.807, 2.05) is 0 Å². The first-order valence-electron chi connectivity index (χ1n) is 7.82. The van der Waals surface area contributed by atoms with E-state index in [4.69, 9.17) is 0 Å². The fraction of sp³-hybridized carbons (Fsp3) is 0.118. The van der Waals surface area contributed by atoms with Crippen molar-refractivity contribution in [1.82, 2.24) is 9.55 Å². The molecule has 0 spiro atoms. The lowest BCUT2D eigenvalue weighted by molar-refractivity contribution is -0.274. The Labute approximate surface area is 157 Å². The lowest BCUT2D eigenvalue weighted by Gasteiger charge is -2.14. The maximum Gasteiger partial charge on any atom is 0.573 e. The monoisotopic (exact) mass is 413 g/mol. The van der Waals surface area contributed by atoms with Gasteiger partial charge in [-0.1, -0.05) is 18.2 Å². The molecule has 0 saturated heterocycles. The third-order valence-electron chi connectivity index (χ3n) is 3.70. The summed E-state index contributed by atoms with van der Waals surface area (Å²) in [5.41, 5.74) is 0.411. The van der Waals surface area contributed by atoms with E-state index in [0.717, 1.165) is 24.3 Å². The molecule has 28 heavy (non-hydrogen) atoms. The largest absolute Gasteiger partial charge is 0.573 e. The van der Waals surface area contributed by atoms with Crippen LogP contribution in [0, 0.1) is 6.92 Å². The van der Waals surface area contributed by atoms with E-state index in [9.17, 15) is 26.4 Å². The number of anilines is 1. The molecule has 3 rings (SSSR count). The average Bonchev–Trinajstić information content (AvgIpc) is 2.92. The number of aromatic nitrogens is 2. The number of hydrogen-bond donors (Lipinski definition) is 2. The molecule has 7 nitrogen and oxygen atoms in total. The van der Waals surface area contributed by atoms with Crippen LogP contribution in [0.1, 0.15) is 5.69 Å². The number of alkyl halides is 3. The van der Waals surface area contributed by atoms with Gasteiger partial charge in [-0.25, -0.2) is 13.2 Å².